The van der Waals surface area contributed by atoms with Crippen LogP contribution in [0.25, 0.3) is 11.0 Å². The van der Waals surface area contributed by atoms with Crippen molar-refractivity contribution >= 4 is 34.5 Å². The van der Waals surface area contributed by atoms with Crippen LogP contribution in [0.2, 0.25) is 5.15 Å². The van der Waals surface area contributed by atoms with Crippen LogP contribution in [-0.4, -0.2) is 43.9 Å². The number of nitrogens with one attached hydrogen (secondary N) is 1. The molecule has 0 aromatic carbocycles. The third kappa shape index (κ3) is 4.05. The van der Waals surface area contributed by atoms with Crippen molar-refractivity contribution < 1.29 is 19.4 Å². The lowest BCUT2D eigenvalue weighted by molar-refractivity contribution is -0.153. The van der Waals surface area contributed by atoms with Gasteiger partial charge in [-0.25, -0.2) is 0 Å². The molecule has 0 atom stereocenters. The van der Waals surface area contributed by atoms with Gasteiger partial charge in [-0.05, 0) is 26.8 Å². The lowest BCUT2D eigenvalue weighted by Gasteiger charge is -2.19. The van der Waals surface area contributed by atoms with Crippen LogP contribution in [0.15, 0.2) is 10.9 Å². The van der Waals surface area contributed by atoms with E-state index < -0.39 is 40.9 Å². The lowest BCUT2D eigenvalue weighted by atomic mass is 10.1. The molecule has 2 N–H and O–H groups in total. The quantitative estimate of drug-likeness (QED) is 0.766. The number of nitrogens with zero attached hydrogens (tertiary/aromatic N) is 3. The molecule has 0 saturated heterocycles. The zero-order valence-corrected chi connectivity index (χ0v) is 14.8. The molecule has 0 unspecified atom stereocenters. The normalized spacial score (nSPS) is 11.4. The van der Waals surface area contributed by atoms with Crippen molar-refractivity contribution in [2.24, 2.45) is 7.05 Å². The van der Waals surface area contributed by atoms with E-state index in [4.69, 9.17) is 16.3 Å². The van der Waals surface area contributed by atoms with Crippen molar-refractivity contribution in [3.63, 3.8) is 0 Å². The van der Waals surface area contributed by atoms with Gasteiger partial charge in [-0.2, -0.15) is 0 Å². The van der Waals surface area contributed by atoms with Gasteiger partial charge in [0.25, 0.3) is 11.5 Å². The number of hydrogen-bond acceptors (Lipinski definition) is 7. The molecule has 0 radical (unpaired) electrons. The average molecular weight is 369 g/mol. The molecule has 0 fully saturated rings. The highest BCUT2D eigenvalue weighted by molar-refractivity contribution is 6.30. The molecular formula is C15H17ClN4O5. The fourth-order valence-electron chi connectivity index (χ4n) is 2.11. The van der Waals surface area contributed by atoms with Crippen LogP contribution in [0.3, 0.4) is 0 Å². The smallest absolute Gasteiger partial charge is 0.325 e. The number of carbonyl (C=O) groups is 2. The van der Waals surface area contributed by atoms with Gasteiger partial charge in [-0.15, -0.1) is 10.2 Å². The minimum atomic E-state index is -0.918. The number of aromatic nitrogens is 3. The van der Waals surface area contributed by atoms with Crippen LogP contribution in [0.4, 0.5) is 0 Å². The summed E-state index contributed by atoms with van der Waals surface area (Å²) in [6.45, 7) is 4.60. The van der Waals surface area contributed by atoms with Crippen LogP contribution in [0.1, 0.15) is 31.1 Å². The Bertz CT molecular complexity index is 917. The molecule has 1 amide bonds. The zero-order valence-electron chi connectivity index (χ0n) is 14.1. The number of amides is 1. The van der Waals surface area contributed by atoms with Crippen molar-refractivity contribution in [1.82, 2.24) is 20.1 Å². The first kappa shape index (κ1) is 18.7. The largest absolute Gasteiger partial charge is 0.506 e. The summed E-state index contributed by atoms with van der Waals surface area (Å²) >= 11 is 5.75. The topological polar surface area (TPSA) is 123 Å². The summed E-state index contributed by atoms with van der Waals surface area (Å²) in [5, 5.41) is 19.9. The van der Waals surface area contributed by atoms with E-state index in [0.29, 0.717) is 0 Å². The Morgan fingerprint density at radius 1 is 1.36 bits per heavy atom. The lowest BCUT2D eigenvalue weighted by Crippen LogP contribution is -2.37. The summed E-state index contributed by atoms with van der Waals surface area (Å²) in [5.41, 5.74) is -1.96. The van der Waals surface area contributed by atoms with E-state index in [2.05, 4.69) is 15.5 Å². The highest BCUT2D eigenvalue weighted by Crippen LogP contribution is 2.25. The molecule has 0 aliphatic carbocycles. The summed E-state index contributed by atoms with van der Waals surface area (Å²) in [6, 6.07) is 1.28. The van der Waals surface area contributed by atoms with Crippen molar-refractivity contribution in [3.05, 3.63) is 27.1 Å². The molecule has 0 aliphatic heterocycles. The van der Waals surface area contributed by atoms with E-state index in [1.807, 2.05) is 0 Å². The Kier molecular flexibility index (Phi) is 4.98. The van der Waals surface area contributed by atoms with Gasteiger partial charge in [0.05, 0.1) is 5.39 Å². The highest BCUT2D eigenvalue weighted by Gasteiger charge is 2.23. The maximum Gasteiger partial charge on any atom is 0.325 e. The monoisotopic (exact) mass is 368 g/mol. The summed E-state index contributed by atoms with van der Waals surface area (Å²) in [7, 11) is 1.37. The fourth-order valence-corrected chi connectivity index (χ4v) is 2.25. The number of carbonyl (C=O) groups excluding carboxylic acids is 2. The van der Waals surface area contributed by atoms with Gasteiger partial charge in [0.15, 0.2) is 10.8 Å². The van der Waals surface area contributed by atoms with Gasteiger partial charge in [-0.3, -0.25) is 19.0 Å². The summed E-state index contributed by atoms with van der Waals surface area (Å²) in [5.74, 6) is -2.18. The van der Waals surface area contributed by atoms with Crippen LogP contribution in [0.5, 0.6) is 5.75 Å². The van der Waals surface area contributed by atoms with Crippen molar-refractivity contribution in [2.45, 2.75) is 26.4 Å². The predicted octanol–water partition coefficient (Wildman–Crippen LogP) is 0.759. The molecule has 2 rings (SSSR count). The second kappa shape index (κ2) is 6.67. The highest BCUT2D eigenvalue weighted by atomic mass is 35.5. The second-order valence-corrected chi connectivity index (χ2v) is 6.65. The first-order valence-corrected chi connectivity index (χ1v) is 7.64. The molecule has 9 nitrogen and oxygen atoms in total. The molecule has 134 valence electrons. The Morgan fingerprint density at radius 2 is 2.00 bits per heavy atom. The standard InChI is InChI=1S/C15H17ClN4O5/c1-15(2,3)25-9(21)6-17-13(23)10-11(22)7-5-8(16)18-19-12(7)20(4)14(10)24/h5,22H,6H2,1-4H3,(H,17,23). The van der Waals surface area contributed by atoms with E-state index >= 15 is 0 Å². The van der Waals surface area contributed by atoms with Crippen LogP contribution >= 0.6 is 11.6 Å². The van der Waals surface area contributed by atoms with E-state index in [1.54, 1.807) is 20.8 Å². The molecule has 2 aromatic rings. The van der Waals surface area contributed by atoms with E-state index in [0.717, 1.165) is 4.57 Å². The van der Waals surface area contributed by atoms with Crippen LogP contribution in [-0.2, 0) is 16.6 Å². The first-order chi connectivity index (χ1) is 11.5. The molecule has 10 heteroatoms. The number of esters is 1. The molecule has 0 aliphatic rings. The number of pyridine rings is 1. The van der Waals surface area contributed by atoms with E-state index in [1.165, 1.54) is 13.1 Å². The molecule has 25 heavy (non-hydrogen) atoms. The van der Waals surface area contributed by atoms with E-state index in [-0.39, 0.29) is 16.2 Å². The van der Waals surface area contributed by atoms with Gasteiger partial charge in [0, 0.05) is 7.05 Å². The molecular weight excluding hydrogens is 352 g/mol. The zero-order chi connectivity index (χ0) is 18.9. The number of rotatable bonds is 3. The number of aromatic hydroxyl groups is 1. The fraction of sp³-hybridized carbons (Fsp3) is 0.400. The maximum absolute atomic E-state index is 12.3. The number of hydrogen-bond donors (Lipinski definition) is 2. The predicted molar refractivity (Wildman–Crippen MR) is 89.6 cm³/mol. The summed E-state index contributed by atoms with van der Waals surface area (Å²) in [4.78, 5) is 36.3. The minimum Gasteiger partial charge on any atom is -0.506 e. The van der Waals surface area contributed by atoms with Gasteiger partial charge in [-0.1, -0.05) is 11.6 Å². The number of fused-ring (bicyclic) bond motifs is 1. The first-order valence-electron chi connectivity index (χ1n) is 7.26. The van der Waals surface area contributed by atoms with Gasteiger partial charge >= 0.3 is 5.97 Å². The van der Waals surface area contributed by atoms with Crippen LogP contribution < -0.4 is 10.9 Å². The second-order valence-electron chi connectivity index (χ2n) is 6.26. The van der Waals surface area contributed by atoms with Crippen molar-refractivity contribution in [1.29, 1.82) is 0 Å². The summed E-state index contributed by atoms with van der Waals surface area (Å²) < 4.78 is 6.12. The minimum absolute atomic E-state index is 0.0124. The van der Waals surface area contributed by atoms with Gasteiger partial charge in [0.1, 0.15) is 23.5 Å². The third-order valence-electron chi connectivity index (χ3n) is 3.11. The third-order valence-corrected chi connectivity index (χ3v) is 3.30. The maximum atomic E-state index is 12.3. The SMILES string of the molecule is Cn1c(=O)c(C(=O)NCC(=O)OC(C)(C)C)c(O)c2cc(Cl)nnc21. The van der Waals surface area contributed by atoms with E-state index in [9.17, 15) is 19.5 Å². The van der Waals surface area contributed by atoms with Crippen molar-refractivity contribution in [3.8, 4) is 5.75 Å². The Morgan fingerprint density at radius 3 is 2.60 bits per heavy atom. The van der Waals surface area contributed by atoms with Gasteiger partial charge in [0.2, 0.25) is 0 Å². The number of aryl methyl sites for hydroxylation is 1. The molecule has 0 bridgehead atoms. The summed E-state index contributed by atoms with van der Waals surface area (Å²) in [6.07, 6.45) is 0. The molecule has 2 heterocycles. The Hall–Kier alpha value is -2.68. The van der Waals surface area contributed by atoms with Gasteiger partial charge < -0.3 is 15.2 Å². The average Bonchev–Trinajstić information content (AvgIpc) is 2.49. The van der Waals surface area contributed by atoms with Crippen LogP contribution in [0, 0.1) is 0 Å². The number of halogens is 1. The molecule has 2 aromatic heterocycles. The molecule has 0 spiro atoms. The number of ether oxygens (including phenoxy) is 1. The Labute approximate surface area is 147 Å². The molecule has 0 saturated carbocycles. The Balaban J connectivity index is 2.36. The van der Waals surface area contributed by atoms with Crippen molar-refractivity contribution in [2.75, 3.05) is 6.54 Å².